The summed E-state index contributed by atoms with van der Waals surface area (Å²) in [6, 6.07) is 0. The molecule has 2 aliphatic rings. The lowest BCUT2D eigenvalue weighted by Crippen LogP contribution is -2.26. The highest BCUT2D eigenvalue weighted by Crippen LogP contribution is 2.36. The van der Waals surface area contributed by atoms with Crippen LogP contribution in [0.3, 0.4) is 0 Å². The highest BCUT2D eigenvalue weighted by molar-refractivity contribution is 4.87. The lowest BCUT2D eigenvalue weighted by atomic mass is 9.79. The van der Waals surface area contributed by atoms with E-state index in [9.17, 15) is 0 Å². The Morgan fingerprint density at radius 1 is 0.947 bits per heavy atom. The first kappa shape index (κ1) is 17.0. The van der Waals surface area contributed by atoms with Crippen LogP contribution in [0.5, 0.6) is 0 Å². The number of rotatable bonds is 2. The summed E-state index contributed by atoms with van der Waals surface area (Å²) in [5.74, 6) is 1.66. The van der Waals surface area contributed by atoms with Crippen molar-refractivity contribution in [3.63, 3.8) is 0 Å². The third-order valence-electron chi connectivity index (χ3n) is 5.89. The molecular formula is C17H36N2. The fraction of sp³-hybridized carbons (Fsp3) is 1.00. The van der Waals surface area contributed by atoms with Crippen molar-refractivity contribution < 1.29 is 0 Å². The molecule has 0 aromatic rings. The predicted molar refractivity (Wildman–Crippen MR) is 85.5 cm³/mol. The van der Waals surface area contributed by atoms with Crippen molar-refractivity contribution in [3.05, 3.63) is 0 Å². The highest BCUT2D eigenvalue weighted by Gasteiger charge is 2.34. The van der Waals surface area contributed by atoms with Gasteiger partial charge in [-0.05, 0) is 55.6 Å². The molecule has 2 saturated heterocycles. The summed E-state index contributed by atoms with van der Waals surface area (Å²) in [6.07, 6.45) is 2.73. The number of nitrogens with zero attached hydrogens (tertiary/aromatic N) is 1. The predicted octanol–water partition coefficient (Wildman–Crippen LogP) is 3.63. The fourth-order valence-electron chi connectivity index (χ4n) is 3.02. The van der Waals surface area contributed by atoms with E-state index in [0.29, 0.717) is 10.8 Å². The van der Waals surface area contributed by atoms with Crippen molar-refractivity contribution in [1.29, 1.82) is 0 Å². The van der Waals surface area contributed by atoms with Gasteiger partial charge in [-0.1, -0.05) is 41.5 Å². The second kappa shape index (κ2) is 6.58. The summed E-state index contributed by atoms with van der Waals surface area (Å²) in [5.41, 5.74) is 1.18. The summed E-state index contributed by atoms with van der Waals surface area (Å²) >= 11 is 0. The van der Waals surface area contributed by atoms with Gasteiger partial charge in [-0.25, -0.2) is 0 Å². The molecule has 2 aliphatic heterocycles. The van der Waals surface area contributed by atoms with Gasteiger partial charge in [0.25, 0.3) is 0 Å². The number of hydrogen-bond acceptors (Lipinski definition) is 2. The van der Waals surface area contributed by atoms with Crippen LogP contribution in [-0.2, 0) is 0 Å². The van der Waals surface area contributed by atoms with Crippen LogP contribution in [0.1, 0.15) is 54.4 Å². The maximum Gasteiger partial charge on any atom is 0.00352 e. The van der Waals surface area contributed by atoms with Crippen molar-refractivity contribution in [3.8, 4) is 0 Å². The minimum atomic E-state index is 0.583. The van der Waals surface area contributed by atoms with Crippen LogP contribution < -0.4 is 5.32 Å². The van der Waals surface area contributed by atoms with Gasteiger partial charge in [-0.3, -0.25) is 0 Å². The maximum atomic E-state index is 3.39. The van der Waals surface area contributed by atoms with E-state index < -0.39 is 0 Å². The van der Waals surface area contributed by atoms with Gasteiger partial charge in [0.2, 0.25) is 0 Å². The van der Waals surface area contributed by atoms with Crippen molar-refractivity contribution in [2.24, 2.45) is 22.7 Å². The lowest BCUT2D eigenvalue weighted by molar-refractivity contribution is 0.223. The van der Waals surface area contributed by atoms with Gasteiger partial charge in [-0.2, -0.15) is 0 Å². The summed E-state index contributed by atoms with van der Waals surface area (Å²) in [5, 5.41) is 3.39. The number of hydrogen-bond donors (Lipinski definition) is 1. The number of likely N-dealkylation sites (tertiary alicyclic amines) is 1. The molecule has 0 aliphatic carbocycles. The average Bonchev–Trinajstić information content (AvgIpc) is 2.88. The Morgan fingerprint density at radius 2 is 1.53 bits per heavy atom. The quantitative estimate of drug-likeness (QED) is 0.823. The Hall–Kier alpha value is -0.0800. The normalized spacial score (nSPS) is 35.8. The molecule has 0 spiro atoms. The molecule has 2 fully saturated rings. The van der Waals surface area contributed by atoms with Crippen molar-refractivity contribution in [2.75, 3.05) is 33.2 Å². The summed E-state index contributed by atoms with van der Waals surface area (Å²) in [7, 11) is 2.22. The van der Waals surface area contributed by atoms with Gasteiger partial charge in [-0.15, -0.1) is 0 Å². The zero-order valence-corrected chi connectivity index (χ0v) is 14.3. The van der Waals surface area contributed by atoms with Crippen LogP contribution in [0.15, 0.2) is 0 Å². The SMILES string of the molecule is CC(C)C1(C)CCN(C)C1.CC(C)C1(C)CCNC1. The van der Waals surface area contributed by atoms with E-state index in [1.165, 1.54) is 39.0 Å². The third-order valence-corrected chi connectivity index (χ3v) is 5.89. The summed E-state index contributed by atoms with van der Waals surface area (Å²) in [6.45, 7) is 19.1. The van der Waals surface area contributed by atoms with E-state index in [0.717, 1.165) is 11.8 Å². The van der Waals surface area contributed by atoms with Gasteiger partial charge >= 0.3 is 0 Å². The molecule has 2 heteroatoms. The van der Waals surface area contributed by atoms with Crippen LogP contribution in [-0.4, -0.2) is 38.1 Å². The van der Waals surface area contributed by atoms with Crippen molar-refractivity contribution in [2.45, 2.75) is 54.4 Å². The molecule has 2 unspecified atom stereocenters. The molecule has 0 saturated carbocycles. The molecule has 19 heavy (non-hydrogen) atoms. The lowest BCUT2D eigenvalue weighted by Gasteiger charge is -2.28. The van der Waals surface area contributed by atoms with Crippen LogP contribution >= 0.6 is 0 Å². The Kier molecular flexibility index (Phi) is 5.88. The Labute approximate surface area is 121 Å². The molecule has 0 radical (unpaired) electrons. The first-order chi connectivity index (χ1) is 8.69. The second-order valence-corrected chi connectivity index (χ2v) is 8.03. The Balaban J connectivity index is 0.000000191. The van der Waals surface area contributed by atoms with Crippen LogP contribution in [0.4, 0.5) is 0 Å². The molecule has 2 rings (SSSR count). The molecule has 0 aromatic carbocycles. The Morgan fingerprint density at radius 3 is 1.74 bits per heavy atom. The molecule has 0 amide bonds. The zero-order valence-electron chi connectivity index (χ0n) is 14.3. The average molecular weight is 268 g/mol. The summed E-state index contributed by atoms with van der Waals surface area (Å²) < 4.78 is 0. The molecule has 1 N–H and O–H groups in total. The smallest absolute Gasteiger partial charge is 0.00352 e. The first-order valence-electron chi connectivity index (χ1n) is 8.09. The van der Waals surface area contributed by atoms with Crippen molar-refractivity contribution >= 4 is 0 Å². The minimum absolute atomic E-state index is 0.583. The monoisotopic (exact) mass is 268 g/mol. The van der Waals surface area contributed by atoms with Gasteiger partial charge in [0.15, 0.2) is 0 Å². The zero-order chi connectivity index (χ0) is 14.7. The van der Waals surface area contributed by atoms with Gasteiger partial charge in [0.1, 0.15) is 0 Å². The second-order valence-electron chi connectivity index (χ2n) is 8.03. The van der Waals surface area contributed by atoms with Gasteiger partial charge < -0.3 is 10.2 Å². The van der Waals surface area contributed by atoms with Crippen LogP contribution in [0.25, 0.3) is 0 Å². The standard InChI is InChI=1S/C9H19N.C8H17N/c1-8(2)9(3)5-6-10(4)7-9;1-7(2)8(3)4-5-9-6-8/h8H,5-7H2,1-4H3;7,9H,4-6H2,1-3H3. The molecular weight excluding hydrogens is 232 g/mol. The van der Waals surface area contributed by atoms with E-state index in [2.05, 4.69) is 58.8 Å². The van der Waals surface area contributed by atoms with Crippen LogP contribution in [0, 0.1) is 22.7 Å². The van der Waals surface area contributed by atoms with Gasteiger partial charge in [0.05, 0.1) is 0 Å². The fourth-order valence-corrected chi connectivity index (χ4v) is 3.02. The third kappa shape index (κ3) is 4.46. The highest BCUT2D eigenvalue weighted by atomic mass is 15.1. The topological polar surface area (TPSA) is 15.3 Å². The van der Waals surface area contributed by atoms with E-state index in [1.807, 2.05) is 0 Å². The van der Waals surface area contributed by atoms with Gasteiger partial charge in [0, 0.05) is 13.1 Å². The molecule has 2 atom stereocenters. The van der Waals surface area contributed by atoms with E-state index in [4.69, 9.17) is 0 Å². The first-order valence-corrected chi connectivity index (χ1v) is 8.09. The maximum absolute atomic E-state index is 3.39. The molecule has 2 heterocycles. The molecule has 0 bridgehead atoms. The van der Waals surface area contributed by atoms with Crippen molar-refractivity contribution in [1.82, 2.24) is 10.2 Å². The number of nitrogens with one attached hydrogen (secondary N) is 1. The largest absolute Gasteiger partial charge is 0.316 e. The van der Waals surface area contributed by atoms with E-state index >= 15 is 0 Å². The summed E-state index contributed by atoms with van der Waals surface area (Å²) in [4.78, 5) is 2.43. The van der Waals surface area contributed by atoms with E-state index in [-0.39, 0.29) is 0 Å². The van der Waals surface area contributed by atoms with Crippen LogP contribution in [0.2, 0.25) is 0 Å². The molecule has 114 valence electrons. The Bertz CT molecular complexity index is 266. The van der Waals surface area contributed by atoms with E-state index in [1.54, 1.807) is 0 Å². The molecule has 2 nitrogen and oxygen atoms in total. The molecule has 0 aromatic heterocycles. The minimum Gasteiger partial charge on any atom is -0.316 e.